The van der Waals surface area contributed by atoms with Crippen LogP contribution in [0.1, 0.15) is 33.4 Å². The molecule has 0 aromatic carbocycles. The molecule has 2 heterocycles. The second-order valence-corrected chi connectivity index (χ2v) is 6.41. The van der Waals surface area contributed by atoms with Gasteiger partial charge in [-0.1, -0.05) is 0 Å². The van der Waals surface area contributed by atoms with Crippen molar-refractivity contribution in [2.75, 3.05) is 37.3 Å². The fourth-order valence-electron chi connectivity index (χ4n) is 2.73. The van der Waals surface area contributed by atoms with E-state index in [1.54, 1.807) is 0 Å². The molecule has 1 fully saturated rings. The molecule has 1 aliphatic heterocycles. The molecule has 1 aliphatic rings. The van der Waals surface area contributed by atoms with Gasteiger partial charge in [0, 0.05) is 19.1 Å². The summed E-state index contributed by atoms with van der Waals surface area (Å²) in [6.07, 6.45) is 0.961. The van der Waals surface area contributed by atoms with Crippen molar-refractivity contribution < 1.29 is 9.59 Å². The number of primary amides is 2. The van der Waals surface area contributed by atoms with Gasteiger partial charge in [-0.25, -0.2) is 0 Å². The number of rotatable bonds is 3. The highest BCUT2D eigenvalue weighted by atomic mass is 32.1. The molecule has 1 unspecified atom stereocenters. The average molecular weight is 311 g/mol. The van der Waals surface area contributed by atoms with Crippen molar-refractivity contribution in [2.45, 2.75) is 19.4 Å². The van der Waals surface area contributed by atoms with Gasteiger partial charge in [0.15, 0.2) is 0 Å². The molecule has 1 saturated heterocycles. The summed E-state index contributed by atoms with van der Waals surface area (Å²) in [6, 6.07) is 0.189. The van der Waals surface area contributed by atoms with E-state index < -0.39 is 11.8 Å². The number of anilines is 2. The highest BCUT2D eigenvalue weighted by Crippen LogP contribution is 2.39. The molecule has 1 aromatic rings. The lowest BCUT2D eigenvalue weighted by atomic mass is 10.2. The first-order valence-corrected chi connectivity index (χ1v) is 7.61. The standard InChI is InChI=1S/C13H21N5O2S/c1-7-6-17(2)4-3-5-18(7)13-8(11(15)19)9(14)10(21-13)12(16)20/h7H,3-6,14H2,1-2H3,(H2,15,19)(H2,16,20). The van der Waals surface area contributed by atoms with Gasteiger partial charge in [0.05, 0.1) is 11.3 Å². The van der Waals surface area contributed by atoms with Crippen molar-refractivity contribution in [2.24, 2.45) is 11.5 Å². The second-order valence-electron chi connectivity index (χ2n) is 5.41. The van der Waals surface area contributed by atoms with Gasteiger partial charge in [0.1, 0.15) is 9.88 Å². The van der Waals surface area contributed by atoms with E-state index in [0.29, 0.717) is 5.00 Å². The van der Waals surface area contributed by atoms with Crippen molar-refractivity contribution in [3.63, 3.8) is 0 Å². The minimum absolute atomic E-state index is 0.0970. The van der Waals surface area contributed by atoms with Gasteiger partial charge >= 0.3 is 0 Å². The van der Waals surface area contributed by atoms with Gasteiger partial charge in [-0.05, 0) is 26.9 Å². The maximum Gasteiger partial charge on any atom is 0.260 e. The number of nitrogens with two attached hydrogens (primary N) is 3. The molecule has 2 rings (SSSR count). The first kappa shape index (κ1) is 15.6. The maximum absolute atomic E-state index is 11.7. The van der Waals surface area contributed by atoms with Gasteiger partial charge < -0.3 is 27.0 Å². The van der Waals surface area contributed by atoms with E-state index >= 15 is 0 Å². The van der Waals surface area contributed by atoms with Crippen LogP contribution < -0.4 is 22.1 Å². The van der Waals surface area contributed by atoms with Crippen LogP contribution in [0.15, 0.2) is 0 Å². The summed E-state index contributed by atoms with van der Waals surface area (Å²) in [5, 5.41) is 0.650. The van der Waals surface area contributed by atoms with Crippen LogP contribution in [0.5, 0.6) is 0 Å². The molecule has 6 N–H and O–H groups in total. The molecule has 8 heteroatoms. The summed E-state index contributed by atoms with van der Waals surface area (Å²) in [6.45, 7) is 4.70. The van der Waals surface area contributed by atoms with E-state index in [2.05, 4.69) is 23.8 Å². The van der Waals surface area contributed by atoms with Crippen molar-refractivity contribution in [3.8, 4) is 0 Å². The summed E-state index contributed by atoms with van der Waals surface area (Å²) in [5.74, 6) is -1.26. The number of hydrogen-bond donors (Lipinski definition) is 3. The summed E-state index contributed by atoms with van der Waals surface area (Å²) in [5.41, 5.74) is 17.0. The van der Waals surface area contributed by atoms with Crippen LogP contribution in [0.2, 0.25) is 0 Å². The third-order valence-corrected chi connectivity index (χ3v) is 4.96. The summed E-state index contributed by atoms with van der Waals surface area (Å²) >= 11 is 1.15. The average Bonchev–Trinajstić information content (AvgIpc) is 2.62. The van der Waals surface area contributed by atoms with Crippen LogP contribution in [0, 0.1) is 0 Å². The predicted octanol–water partition coefficient (Wildman–Crippen LogP) is 0.0585. The first-order valence-electron chi connectivity index (χ1n) is 6.80. The number of carbonyl (C=O) groups is 2. The number of carbonyl (C=O) groups excluding carboxylic acids is 2. The molecule has 1 aromatic heterocycles. The Morgan fingerprint density at radius 3 is 2.48 bits per heavy atom. The first-order chi connectivity index (χ1) is 9.82. The van der Waals surface area contributed by atoms with Crippen LogP contribution in [-0.2, 0) is 0 Å². The zero-order chi connectivity index (χ0) is 15.7. The highest BCUT2D eigenvalue weighted by molar-refractivity contribution is 7.19. The van der Waals surface area contributed by atoms with Crippen molar-refractivity contribution in [3.05, 3.63) is 10.4 Å². The molecule has 2 amide bonds. The van der Waals surface area contributed by atoms with Crippen LogP contribution in [0.3, 0.4) is 0 Å². The molecule has 0 bridgehead atoms. The van der Waals surface area contributed by atoms with Crippen molar-refractivity contribution in [1.82, 2.24) is 4.90 Å². The highest BCUT2D eigenvalue weighted by Gasteiger charge is 2.29. The molecule has 1 atom stereocenters. The Morgan fingerprint density at radius 1 is 1.24 bits per heavy atom. The number of nitrogen functional groups attached to an aromatic ring is 1. The third kappa shape index (κ3) is 2.96. The quantitative estimate of drug-likeness (QED) is 0.729. The maximum atomic E-state index is 11.7. The Bertz CT molecular complexity index is 571. The van der Waals surface area contributed by atoms with Crippen molar-refractivity contribution in [1.29, 1.82) is 0 Å². The Hall–Kier alpha value is -1.80. The lowest BCUT2D eigenvalue weighted by Crippen LogP contribution is -2.38. The Morgan fingerprint density at radius 2 is 1.90 bits per heavy atom. The SMILES string of the molecule is CC1CN(C)CCCN1c1sc(C(N)=O)c(N)c1C(N)=O. The minimum Gasteiger partial charge on any atom is -0.397 e. The lowest BCUT2D eigenvalue weighted by molar-refractivity contribution is 0.0999. The van der Waals surface area contributed by atoms with Gasteiger partial charge in [0.25, 0.3) is 11.8 Å². The summed E-state index contributed by atoms with van der Waals surface area (Å²) in [7, 11) is 2.06. The number of nitrogens with zero attached hydrogens (tertiary/aromatic N) is 2. The van der Waals surface area contributed by atoms with Crippen LogP contribution in [0.4, 0.5) is 10.7 Å². The Kier molecular flexibility index (Phi) is 4.38. The molecule has 0 spiro atoms. The molecule has 116 valence electrons. The molecular formula is C13H21N5O2S. The number of likely N-dealkylation sites (N-methyl/N-ethyl adjacent to an activating group) is 1. The van der Waals surface area contributed by atoms with E-state index in [0.717, 1.165) is 37.4 Å². The van der Waals surface area contributed by atoms with E-state index in [9.17, 15) is 9.59 Å². The Balaban J connectivity index is 2.49. The van der Waals surface area contributed by atoms with Gasteiger partial charge in [-0.2, -0.15) is 0 Å². The molecule has 7 nitrogen and oxygen atoms in total. The third-order valence-electron chi connectivity index (χ3n) is 3.70. The van der Waals surface area contributed by atoms with Crippen LogP contribution in [0.25, 0.3) is 0 Å². The van der Waals surface area contributed by atoms with Crippen LogP contribution in [-0.4, -0.2) is 49.4 Å². The fourth-order valence-corrected chi connectivity index (χ4v) is 3.94. The largest absolute Gasteiger partial charge is 0.397 e. The predicted molar refractivity (Wildman–Crippen MR) is 84.7 cm³/mol. The number of thiophene rings is 1. The molecule has 21 heavy (non-hydrogen) atoms. The van der Waals surface area contributed by atoms with E-state index in [1.807, 2.05) is 0 Å². The van der Waals surface area contributed by atoms with Crippen LogP contribution >= 0.6 is 11.3 Å². The molecule has 0 aliphatic carbocycles. The zero-order valence-electron chi connectivity index (χ0n) is 12.3. The monoisotopic (exact) mass is 311 g/mol. The normalized spacial score (nSPS) is 20.3. The molecule has 0 radical (unpaired) electrons. The van der Waals surface area contributed by atoms with E-state index in [4.69, 9.17) is 17.2 Å². The van der Waals surface area contributed by atoms with Crippen molar-refractivity contribution >= 4 is 33.8 Å². The molecule has 0 saturated carbocycles. The summed E-state index contributed by atoms with van der Waals surface area (Å²) < 4.78 is 0. The lowest BCUT2D eigenvalue weighted by Gasteiger charge is -2.29. The topological polar surface area (TPSA) is 119 Å². The smallest absolute Gasteiger partial charge is 0.260 e. The number of amides is 2. The zero-order valence-corrected chi connectivity index (χ0v) is 13.1. The summed E-state index contributed by atoms with van der Waals surface area (Å²) in [4.78, 5) is 27.7. The second kappa shape index (κ2) is 5.90. The number of hydrogen-bond acceptors (Lipinski definition) is 6. The van der Waals surface area contributed by atoms with Gasteiger partial charge in [-0.3, -0.25) is 9.59 Å². The van der Waals surface area contributed by atoms with Gasteiger partial charge in [-0.15, -0.1) is 11.3 Å². The Labute approximate surface area is 127 Å². The van der Waals surface area contributed by atoms with E-state index in [1.165, 1.54) is 0 Å². The minimum atomic E-state index is -0.633. The van der Waals surface area contributed by atoms with E-state index in [-0.39, 0.29) is 22.2 Å². The van der Waals surface area contributed by atoms with Gasteiger partial charge in [0.2, 0.25) is 0 Å². The fraction of sp³-hybridized carbons (Fsp3) is 0.538. The molecular weight excluding hydrogens is 290 g/mol.